The van der Waals surface area contributed by atoms with E-state index in [-0.39, 0.29) is 82.1 Å². The van der Waals surface area contributed by atoms with Crippen LogP contribution < -0.4 is 80.5 Å². The van der Waals surface area contributed by atoms with Crippen LogP contribution in [0.3, 0.4) is 0 Å². The summed E-state index contributed by atoms with van der Waals surface area (Å²) in [7, 11) is 0. The Morgan fingerprint density at radius 1 is 0.545 bits per heavy atom. The van der Waals surface area contributed by atoms with E-state index in [9.17, 15) is 29.4 Å². The van der Waals surface area contributed by atoms with Crippen molar-refractivity contribution in [1.82, 2.24) is 0 Å². The number of esters is 2. The molecule has 0 aromatic heterocycles. The van der Waals surface area contributed by atoms with Gasteiger partial charge in [-0.1, -0.05) is 119 Å². The van der Waals surface area contributed by atoms with Crippen molar-refractivity contribution in [2.45, 2.75) is 182 Å². The van der Waals surface area contributed by atoms with Crippen LogP contribution in [0.2, 0.25) is 0 Å². The second-order valence-corrected chi connectivity index (χ2v) is 12.7. The number of unbranched alkanes of at least 4 members (excludes halogenated alkanes) is 12. The topological polar surface area (TPSA) is 133 Å². The number of ether oxygens (including phenoxy) is 2. The Hall–Kier alpha value is 0.114. The summed E-state index contributed by atoms with van der Waals surface area (Å²) in [6, 6.07) is 0. The molecule has 0 saturated heterocycles. The summed E-state index contributed by atoms with van der Waals surface area (Å²) in [5.74, 6) is -3.86. The molecule has 2 atom stereocenters. The van der Waals surface area contributed by atoms with Gasteiger partial charge in [0.15, 0.2) is 0 Å². The Morgan fingerprint density at radius 3 is 1.02 bits per heavy atom. The number of rotatable bonds is 24. The molecule has 0 saturated carbocycles. The molecule has 0 aromatic carbocycles. The van der Waals surface area contributed by atoms with Crippen molar-refractivity contribution in [2.75, 3.05) is 0 Å². The monoisotopic (exact) mass is 644 g/mol. The van der Waals surface area contributed by atoms with Gasteiger partial charge in [-0.05, 0) is 51.4 Å². The molecule has 0 amide bonds. The maximum atomic E-state index is 11.5. The summed E-state index contributed by atoms with van der Waals surface area (Å²) < 4.78 is 10.8. The van der Waals surface area contributed by atoms with Crippen molar-refractivity contribution in [2.24, 2.45) is 11.8 Å². The van der Waals surface area contributed by atoms with Crippen molar-refractivity contribution in [3.63, 3.8) is 0 Å². The summed E-state index contributed by atoms with van der Waals surface area (Å²) in [6.45, 7) is 16.2. The van der Waals surface area contributed by atoms with Crippen molar-refractivity contribution >= 4 is 23.9 Å². The van der Waals surface area contributed by atoms with Gasteiger partial charge in [0, 0.05) is 0 Å². The maximum Gasteiger partial charge on any atom is 1.00 e. The normalized spacial score (nSPS) is 13.3. The maximum absolute atomic E-state index is 11.5. The van der Waals surface area contributed by atoms with Gasteiger partial charge in [-0.2, -0.15) is 0 Å². The largest absolute Gasteiger partial charge is 1.00 e. The summed E-state index contributed by atoms with van der Waals surface area (Å²) in [6.07, 6.45) is 17.1. The Labute approximate surface area is 323 Å². The number of aliphatic carboxylic acids is 2. The Balaban J connectivity index is -0.000000348. The van der Waals surface area contributed by atoms with Crippen LogP contribution in [0.1, 0.15) is 171 Å². The fraction of sp³-hybridized carbons (Fsp3) is 0.882. The van der Waals surface area contributed by atoms with Gasteiger partial charge in [0.25, 0.3) is 0 Å². The number of carboxylic acids is 2. The van der Waals surface area contributed by atoms with Crippen LogP contribution in [0.25, 0.3) is 0 Å². The Bertz CT molecular complexity index is 700. The summed E-state index contributed by atoms with van der Waals surface area (Å²) in [5, 5.41) is 20.9. The number of carboxylic acid groups (broad SMARTS) is 2. The second-order valence-electron chi connectivity index (χ2n) is 12.7. The van der Waals surface area contributed by atoms with Crippen molar-refractivity contribution in [3.05, 3.63) is 0 Å². The van der Waals surface area contributed by atoms with Crippen LogP contribution in [0, 0.1) is 11.8 Å². The minimum atomic E-state index is -1.39. The molecule has 0 aliphatic carbocycles. The first-order valence-electron chi connectivity index (χ1n) is 16.5. The minimum Gasteiger partial charge on any atom is -0.550 e. The van der Waals surface area contributed by atoms with Gasteiger partial charge in [0.1, 0.15) is 11.2 Å². The van der Waals surface area contributed by atoms with Crippen LogP contribution in [0.5, 0.6) is 0 Å². The van der Waals surface area contributed by atoms with Crippen LogP contribution in [0.15, 0.2) is 0 Å². The molecule has 0 N–H and O–H groups in total. The van der Waals surface area contributed by atoms with E-state index >= 15 is 0 Å². The van der Waals surface area contributed by atoms with Crippen LogP contribution in [-0.2, 0) is 28.7 Å². The van der Waals surface area contributed by atoms with E-state index in [1.54, 1.807) is 0 Å². The number of hydrogen-bond donors (Lipinski definition) is 0. The number of carbonyl (C=O) groups is 4. The third-order valence-electron chi connectivity index (χ3n) is 8.27. The molecule has 0 spiro atoms. The van der Waals surface area contributed by atoms with Gasteiger partial charge in [-0.3, -0.25) is 9.59 Å². The molecule has 2 unspecified atom stereocenters. The van der Waals surface area contributed by atoms with Crippen LogP contribution in [0.4, 0.5) is 0 Å². The van der Waals surface area contributed by atoms with Gasteiger partial charge in [0.2, 0.25) is 0 Å². The van der Waals surface area contributed by atoms with Gasteiger partial charge in [-0.25, -0.2) is 0 Å². The molecule has 0 rings (SSSR count). The standard InChI is InChI=1S/2C17H32O4.K.Li/c2*1-5-6-7-8-9-10-11-12-17(4,14(2)3)21-16(20)13-15(18)19;;/h2*14H,5-13H2,1-4H3,(H,18,19);;/q;;2*+1/p-2. The van der Waals surface area contributed by atoms with Crippen LogP contribution >= 0.6 is 0 Å². The molecule has 8 nitrogen and oxygen atoms in total. The summed E-state index contributed by atoms with van der Waals surface area (Å²) in [5.41, 5.74) is -1.17. The van der Waals surface area contributed by atoms with Crippen LogP contribution in [-0.4, -0.2) is 35.1 Å². The second kappa shape index (κ2) is 30.4. The van der Waals surface area contributed by atoms with E-state index < -0.39 is 47.9 Å². The molecule has 0 radical (unpaired) electrons. The molecule has 0 aromatic rings. The molecule has 0 aliphatic rings. The first kappa shape index (κ1) is 51.0. The zero-order valence-corrected chi connectivity index (χ0v) is 33.3. The predicted octanol–water partition coefficient (Wildman–Crippen LogP) is 0.458. The van der Waals surface area contributed by atoms with Gasteiger partial charge < -0.3 is 29.3 Å². The SMILES string of the molecule is CCCCCCCCCC(C)(OC(=O)CC(=O)[O-])C(C)C.CCCCCCCCCC(C)(OC(=O)CC(=O)[O-])C(C)C.[K+].[Li+]. The van der Waals surface area contributed by atoms with E-state index in [4.69, 9.17) is 9.47 Å². The Kier molecular flexibility index (Phi) is 35.3. The van der Waals surface area contributed by atoms with E-state index in [2.05, 4.69) is 13.8 Å². The fourth-order valence-electron chi connectivity index (χ4n) is 4.61. The first-order valence-corrected chi connectivity index (χ1v) is 16.5. The predicted molar refractivity (Wildman–Crippen MR) is 163 cm³/mol. The van der Waals surface area contributed by atoms with E-state index in [0.717, 1.165) is 38.5 Å². The molecule has 0 aliphatic heterocycles. The average molecular weight is 645 g/mol. The zero-order chi connectivity index (χ0) is 32.6. The first-order chi connectivity index (χ1) is 19.6. The minimum absolute atomic E-state index is 0. The molecule has 0 fully saturated rings. The quantitative estimate of drug-likeness (QED) is 0.0641. The molecule has 0 heterocycles. The molecular formula is C34H62KLiO8. The smallest absolute Gasteiger partial charge is 0.550 e. The summed E-state index contributed by atoms with van der Waals surface area (Å²) in [4.78, 5) is 44.0. The summed E-state index contributed by atoms with van der Waals surface area (Å²) >= 11 is 0. The average Bonchev–Trinajstić information content (AvgIpc) is 2.86. The van der Waals surface area contributed by atoms with Gasteiger partial charge in [0.05, 0.1) is 24.8 Å². The number of hydrogen-bond acceptors (Lipinski definition) is 8. The van der Waals surface area contributed by atoms with Gasteiger partial charge in [-0.15, -0.1) is 0 Å². The van der Waals surface area contributed by atoms with E-state index in [0.29, 0.717) is 0 Å². The molecule has 248 valence electrons. The zero-order valence-electron chi connectivity index (χ0n) is 30.1. The van der Waals surface area contributed by atoms with E-state index in [1.807, 2.05) is 41.5 Å². The van der Waals surface area contributed by atoms with Gasteiger partial charge >= 0.3 is 82.2 Å². The number of carbonyl (C=O) groups excluding carboxylic acids is 4. The third kappa shape index (κ3) is 28.3. The van der Waals surface area contributed by atoms with Crippen molar-refractivity contribution in [1.29, 1.82) is 0 Å². The molecule has 10 heteroatoms. The molecule has 44 heavy (non-hydrogen) atoms. The third-order valence-corrected chi connectivity index (χ3v) is 8.27. The Morgan fingerprint density at radius 2 is 0.795 bits per heavy atom. The van der Waals surface area contributed by atoms with Crippen molar-refractivity contribution < 1.29 is 109 Å². The van der Waals surface area contributed by atoms with Crippen molar-refractivity contribution in [3.8, 4) is 0 Å². The fourth-order valence-corrected chi connectivity index (χ4v) is 4.61. The molecule has 0 bridgehead atoms. The molecular weight excluding hydrogens is 582 g/mol. The van der Waals surface area contributed by atoms with E-state index in [1.165, 1.54) is 64.2 Å².